The molecule has 1 amide bonds. The van der Waals surface area contributed by atoms with Crippen molar-refractivity contribution in [2.75, 3.05) is 0 Å². The van der Waals surface area contributed by atoms with Gasteiger partial charge in [0.05, 0.1) is 5.92 Å². The van der Waals surface area contributed by atoms with Crippen LogP contribution >= 0.6 is 0 Å². The standard InChI is InChI=1S/C11H19NO3/c1-7(11(14)15)9-3-5-10(6-4-9)12-8(2)13/h7,9-10H,3-6H2,1-2H3,(H,12,13)(H,14,15). The molecule has 1 saturated carbocycles. The Morgan fingerprint density at radius 3 is 2.20 bits per heavy atom. The zero-order chi connectivity index (χ0) is 11.4. The molecule has 1 aliphatic rings. The normalized spacial score (nSPS) is 28.1. The van der Waals surface area contributed by atoms with Gasteiger partial charge in [0.1, 0.15) is 0 Å². The van der Waals surface area contributed by atoms with E-state index >= 15 is 0 Å². The monoisotopic (exact) mass is 213 g/mol. The van der Waals surface area contributed by atoms with Crippen molar-refractivity contribution in [3.8, 4) is 0 Å². The molecule has 0 aromatic heterocycles. The van der Waals surface area contributed by atoms with Gasteiger partial charge in [0.2, 0.25) is 5.91 Å². The molecule has 0 radical (unpaired) electrons. The van der Waals surface area contributed by atoms with Crippen LogP contribution in [0.3, 0.4) is 0 Å². The lowest BCUT2D eigenvalue weighted by Crippen LogP contribution is -2.37. The van der Waals surface area contributed by atoms with Crippen LogP contribution in [0.2, 0.25) is 0 Å². The summed E-state index contributed by atoms with van der Waals surface area (Å²) < 4.78 is 0. The molecule has 0 aliphatic heterocycles. The van der Waals surface area contributed by atoms with Gasteiger partial charge < -0.3 is 10.4 Å². The number of hydrogen-bond donors (Lipinski definition) is 2. The molecule has 0 spiro atoms. The van der Waals surface area contributed by atoms with Crippen molar-refractivity contribution < 1.29 is 14.7 Å². The van der Waals surface area contributed by atoms with Gasteiger partial charge in [-0.15, -0.1) is 0 Å². The molecule has 1 aliphatic carbocycles. The van der Waals surface area contributed by atoms with E-state index in [9.17, 15) is 9.59 Å². The van der Waals surface area contributed by atoms with E-state index in [-0.39, 0.29) is 23.8 Å². The molecule has 0 aromatic rings. The summed E-state index contributed by atoms with van der Waals surface area (Å²) in [5.41, 5.74) is 0. The Balaban J connectivity index is 2.35. The molecule has 1 atom stereocenters. The predicted octanol–water partition coefficient (Wildman–Crippen LogP) is 1.40. The fourth-order valence-corrected chi connectivity index (χ4v) is 2.25. The molecule has 0 heterocycles. The van der Waals surface area contributed by atoms with E-state index in [0.717, 1.165) is 25.7 Å². The van der Waals surface area contributed by atoms with Gasteiger partial charge in [-0.05, 0) is 31.6 Å². The Hall–Kier alpha value is -1.06. The second-order valence-corrected chi connectivity index (χ2v) is 4.44. The minimum absolute atomic E-state index is 0.00438. The van der Waals surface area contributed by atoms with E-state index in [0.29, 0.717) is 0 Å². The van der Waals surface area contributed by atoms with Crippen molar-refractivity contribution in [3.63, 3.8) is 0 Å². The zero-order valence-electron chi connectivity index (χ0n) is 9.32. The fourth-order valence-electron chi connectivity index (χ4n) is 2.25. The summed E-state index contributed by atoms with van der Waals surface area (Å²) in [6, 6.07) is 0.250. The van der Waals surface area contributed by atoms with Crippen molar-refractivity contribution in [2.24, 2.45) is 11.8 Å². The van der Waals surface area contributed by atoms with E-state index in [4.69, 9.17) is 5.11 Å². The Labute approximate surface area is 90.0 Å². The Morgan fingerprint density at radius 2 is 1.80 bits per heavy atom. The summed E-state index contributed by atoms with van der Waals surface area (Å²) in [4.78, 5) is 21.6. The smallest absolute Gasteiger partial charge is 0.306 e. The molecule has 2 N–H and O–H groups in total. The first-order chi connectivity index (χ1) is 7.00. The SMILES string of the molecule is CC(=O)NC1CCC(C(C)C(=O)O)CC1. The first-order valence-electron chi connectivity index (χ1n) is 5.50. The van der Waals surface area contributed by atoms with Crippen LogP contribution in [-0.2, 0) is 9.59 Å². The number of aliphatic carboxylic acids is 1. The van der Waals surface area contributed by atoms with Crippen LogP contribution in [0.25, 0.3) is 0 Å². The summed E-state index contributed by atoms with van der Waals surface area (Å²) in [6.07, 6.45) is 3.61. The van der Waals surface area contributed by atoms with Crippen LogP contribution in [0.1, 0.15) is 39.5 Å². The van der Waals surface area contributed by atoms with Crippen LogP contribution < -0.4 is 5.32 Å². The fraction of sp³-hybridized carbons (Fsp3) is 0.818. The van der Waals surface area contributed by atoms with Crippen LogP contribution in [0, 0.1) is 11.8 Å². The van der Waals surface area contributed by atoms with E-state index < -0.39 is 5.97 Å². The molecular formula is C11H19NO3. The predicted molar refractivity (Wildman–Crippen MR) is 56.4 cm³/mol. The Kier molecular flexibility index (Phi) is 4.12. The Morgan fingerprint density at radius 1 is 1.27 bits per heavy atom. The minimum Gasteiger partial charge on any atom is -0.481 e. The van der Waals surface area contributed by atoms with Gasteiger partial charge in [-0.1, -0.05) is 6.92 Å². The number of hydrogen-bond acceptors (Lipinski definition) is 2. The molecule has 1 rings (SSSR count). The molecule has 4 nitrogen and oxygen atoms in total. The van der Waals surface area contributed by atoms with Crippen LogP contribution in [0.4, 0.5) is 0 Å². The third-order valence-electron chi connectivity index (χ3n) is 3.28. The first-order valence-corrected chi connectivity index (χ1v) is 5.50. The van der Waals surface area contributed by atoms with E-state index in [2.05, 4.69) is 5.32 Å². The highest BCUT2D eigenvalue weighted by Crippen LogP contribution is 2.30. The summed E-state index contributed by atoms with van der Waals surface area (Å²) >= 11 is 0. The number of carboxylic acid groups (broad SMARTS) is 1. The third-order valence-corrected chi connectivity index (χ3v) is 3.28. The van der Waals surface area contributed by atoms with Gasteiger partial charge in [0.15, 0.2) is 0 Å². The molecule has 1 unspecified atom stereocenters. The molecular weight excluding hydrogens is 194 g/mol. The van der Waals surface area contributed by atoms with Crippen molar-refractivity contribution in [2.45, 2.75) is 45.6 Å². The van der Waals surface area contributed by atoms with Crippen LogP contribution in [0.5, 0.6) is 0 Å². The average Bonchev–Trinajstić information content (AvgIpc) is 2.17. The van der Waals surface area contributed by atoms with Gasteiger partial charge in [-0.2, -0.15) is 0 Å². The zero-order valence-corrected chi connectivity index (χ0v) is 9.32. The maximum Gasteiger partial charge on any atom is 0.306 e. The maximum absolute atomic E-state index is 10.8. The lowest BCUT2D eigenvalue weighted by Gasteiger charge is -2.30. The number of amides is 1. The highest BCUT2D eigenvalue weighted by molar-refractivity contribution is 5.73. The van der Waals surface area contributed by atoms with Gasteiger partial charge >= 0.3 is 5.97 Å². The molecule has 15 heavy (non-hydrogen) atoms. The van der Waals surface area contributed by atoms with Crippen molar-refractivity contribution >= 4 is 11.9 Å². The summed E-state index contributed by atoms with van der Waals surface area (Å²) in [5.74, 6) is -0.696. The Bertz CT molecular complexity index is 244. The van der Waals surface area contributed by atoms with Gasteiger partial charge in [-0.3, -0.25) is 9.59 Å². The van der Waals surface area contributed by atoms with Gasteiger partial charge in [0.25, 0.3) is 0 Å². The minimum atomic E-state index is -0.710. The first kappa shape index (κ1) is 12.0. The quantitative estimate of drug-likeness (QED) is 0.744. The molecule has 0 aromatic carbocycles. The molecule has 4 heteroatoms. The number of carbonyl (C=O) groups excluding carboxylic acids is 1. The van der Waals surface area contributed by atoms with E-state index in [1.807, 2.05) is 0 Å². The third kappa shape index (κ3) is 3.53. The molecule has 1 fully saturated rings. The van der Waals surface area contributed by atoms with Crippen LogP contribution in [-0.4, -0.2) is 23.0 Å². The lowest BCUT2D eigenvalue weighted by atomic mass is 9.79. The molecule has 0 saturated heterocycles. The van der Waals surface area contributed by atoms with Crippen LogP contribution in [0.15, 0.2) is 0 Å². The molecule has 86 valence electrons. The second-order valence-electron chi connectivity index (χ2n) is 4.44. The van der Waals surface area contributed by atoms with Crippen molar-refractivity contribution in [3.05, 3.63) is 0 Å². The van der Waals surface area contributed by atoms with Gasteiger partial charge in [-0.25, -0.2) is 0 Å². The highest BCUT2D eigenvalue weighted by Gasteiger charge is 2.28. The largest absolute Gasteiger partial charge is 0.481 e. The summed E-state index contributed by atoms with van der Waals surface area (Å²) in [7, 11) is 0. The number of nitrogens with one attached hydrogen (secondary N) is 1. The lowest BCUT2D eigenvalue weighted by molar-refractivity contribution is -0.143. The topological polar surface area (TPSA) is 66.4 Å². The molecule has 0 bridgehead atoms. The number of rotatable bonds is 3. The van der Waals surface area contributed by atoms with E-state index in [1.54, 1.807) is 6.92 Å². The summed E-state index contributed by atoms with van der Waals surface area (Å²) in [5, 5.41) is 11.8. The second kappa shape index (κ2) is 5.14. The van der Waals surface area contributed by atoms with E-state index in [1.165, 1.54) is 6.92 Å². The van der Waals surface area contributed by atoms with Crippen molar-refractivity contribution in [1.29, 1.82) is 0 Å². The van der Waals surface area contributed by atoms with Gasteiger partial charge in [0, 0.05) is 13.0 Å². The highest BCUT2D eigenvalue weighted by atomic mass is 16.4. The average molecular weight is 213 g/mol. The maximum atomic E-state index is 10.8. The number of carbonyl (C=O) groups is 2. The summed E-state index contributed by atoms with van der Waals surface area (Å²) in [6.45, 7) is 3.29. The van der Waals surface area contributed by atoms with Crippen molar-refractivity contribution in [1.82, 2.24) is 5.32 Å². The number of carboxylic acids is 1.